The minimum atomic E-state index is 0.0590. The van der Waals surface area contributed by atoms with E-state index in [1.54, 1.807) is 5.01 Å². The number of hydrogen-bond donors (Lipinski definition) is 0. The molecule has 1 aliphatic heterocycles. The predicted molar refractivity (Wildman–Crippen MR) is 47.4 cm³/mol. The summed E-state index contributed by atoms with van der Waals surface area (Å²) in [5.74, 6) is 0.419. The Labute approximate surface area is 72.8 Å². The summed E-state index contributed by atoms with van der Waals surface area (Å²) < 4.78 is 0. The minimum absolute atomic E-state index is 0.0590. The van der Waals surface area contributed by atoms with E-state index in [0.717, 1.165) is 5.71 Å². The van der Waals surface area contributed by atoms with Crippen LogP contribution in [0.3, 0.4) is 0 Å². The maximum absolute atomic E-state index is 11.3. The van der Waals surface area contributed by atoms with E-state index >= 15 is 0 Å². The van der Waals surface area contributed by atoms with Gasteiger partial charge in [0, 0.05) is 14.1 Å². The molecule has 0 aliphatic carbocycles. The standard InChI is InChI=1S/C8H15N3O/c1-6(2)7-5-8(12)11(9-7)10(3)4/h6H,5H2,1-4H3. The Kier molecular flexibility index (Phi) is 2.47. The molecule has 1 aliphatic rings. The molecule has 0 saturated carbocycles. The van der Waals surface area contributed by atoms with Crippen LogP contribution in [-0.4, -0.2) is 35.8 Å². The predicted octanol–water partition coefficient (Wildman–Crippen LogP) is 0.707. The monoisotopic (exact) mass is 169 g/mol. The van der Waals surface area contributed by atoms with E-state index in [2.05, 4.69) is 5.10 Å². The largest absolute Gasteiger partial charge is 0.271 e. The van der Waals surface area contributed by atoms with Crippen LogP contribution in [0, 0.1) is 5.92 Å². The summed E-state index contributed by atoms with van der Waals surface area (Å²) >= 11 is 0. The van der Waals surface area contributed by atoms with Crippen LogP contribution in [0.4, 0.5) is 0 Å². The smallest absolute Gasteiger partial charge is 0.263 e. The number of hydrogen-bond acceptors (Lipinski definition) is 3. The summed E-state index contributed by atoms with van der Waals surface area (Å²) in [7, 11) is 3.62. The number of rotatable bonds is 2. The van der Waals surface area contributed by atoms with Crippen molar-refractivity contribution in [2.24, 2.45) is 11.0 Å². The van der Waals surface area contributed by atoms with E-state index < -0.39 is 0 Å². The second-order valence-corrected chi connectivity index (χ2v) is 3.45. The molecule has 0 atom stereocenters. The average Bonchev–Trinajstić information content (AvgIpc) is 2.30. The van der Waals surface area contributed by atoms with Crippen LogP contribution in [0.15, 0.2) is 5.10 Å². The molecule has 0 radical (unpaired) electrons. The minimum Gasteiger partial charge on any atom is -0.271 e. The first kappa shape index (κ1) is 9.19. The Morgan fingerprint density at radius 2 is 2.08 bits per heavy atom. The first-order valence-electron chi connectivity index (χ1n) is 4.10. The molecule has 0 aromatic rings. The number of nitrogens with zero attached hydrogens (tertiary/aromatic N) is 3. The zero-order valence-electron chi connectivity index (χ0n) is 8.03. The van der Waals surface area contributed by atoms with Crippen molar-refractivity contribution >= 4 is 11.6 Å². The van der Waals surface area contributed by atoms with Crippen molar-refractivity contribution in [3.05, 3.63) is 0 Å². The topological polar surface area (TPSA) is 35.9 Å². The SMILES string of the molecule is CC(C)C1=NN(N(C)C)C(=O)C1. The van der Waals surface area contributed by atoms with E-state index in [9.17, 15) is 4.79 Å². The third-order valence-electron chi connectivity index (χ3n) is 1.82. The van der Waals surface area contributed by atoms with Crippen LogP contribution >= 0.6 is 0 Å². The molecule has 4 nitrogen and oxygen atoms in total. The van der Waals surface area contributed by atoms with Crippen molar-refractivity contribution in [1.29, 1.82) is 0 Å². The Hall–Kier alpha value is -0.900. The van der Waals surface area contributed by atoms with Crippen LogP contribution < -0.4 is 0 Å². The van der Waals surface area contributed by atoms with Crippen molar-refractivity contribution in [2.75, 3.05) is 14.1 Å². The molecule has 1 rings (SSSR count). The van der Waals surface area contributed by atoms with Gasteiger partial charge in [0.05, 0.1) is 12.1 Å². The van der Waals surface area contributed by atoms with E-state index in [1.807, 2.05) is 27.9 Å². The van der Waals surface area contributed by atoms with Crippen LogP contribution in [-0.2, 0) is 4.79 Å². The molecule has 0 N–H and O–H groups in total. The summed E-state index contributed by atoms with van der Waals surface area (Å²) in [6.07, 6.45) is 0.468. The molecule has 0 bridgehead atoms. The molecule has 4 heteroatoms. The molecular formula is C8H15N3O. The van der Waals surface area contributed by atoms with Crippen LogP contribution in [0.25, 0.3) is 0 Å². The average molecular weight is 169 g/mol. The van der Waals surface area contributed by atoms with Gasteiger partial charge in [-0.2, -0.15) is 10.2 Å². The fourth-order valence-electron chi connectivity index (χ4n) is 1.07. The molecule has 0 spiro atoms. The number of carbonyl (C=O) groups is 1. The van der Waals surface area contributed by atoms with Crippen molar-refractivity contribution in [3.63, 3.8) is 0 Å². The van der Waals surface area contributed by atoms with Gasteiger partial charge >= 0.3 is 0 Å². The van der Waals surface area contributed by atoms with Gasteiger partial charge < -0.3 is 0 Å². The van der Waals surface area contributed by atoms with Gasteiger partial charge in [-0.05, 0) is 5.92 Å². The van der Waals surface area contributed by atoms with Gasteiger partial charge in [-0.1, -0.05) is 13.8 Å². The highest BCUT2D eigenvalue weighted by Crippen LogP contribution is 2.14. The molecule has 1 amide bonds. The fourth-order valence-corrected chi connectivity index (χ4v) is 1.07. The van der Waals surface area contributed by atoms with Crippen molar-refractivity contribution in [3.8, 4) is 0 Å². The van der Waals surface area contributed by atoms with E-state index in [-0.39, 0.29) is 5.91 Å². The van der Waals surface area contributed by atoms with Gasteiger partial charge in [0.15, 0.2) is 0 Å². The van der Waals surface area contributed by atoms with E-state index in [1.165, 1.54) is 5.12 Å². The Balaban J connectivity index is 2.73. The summed E-state index contributed by atoms with van der Waals surface area (Å²) in [5, 5.41) is 7.30. The third-order valence-corrected chi connectivity index (χ3v) is 1.82. The molecule has 0 fully saturated rings. The summed E-state index contributed by atoms with van der Waals surface area (Å²) in [6, 6.07) is 0. The van der Waals surface area contributed by atoms with Crippen LogP contribution in [0.1, 0.15) is 20.3 Å². The van der Waals surface area contributed by atoms with Crippen molar-refractivity contribution in [1.82, 2.24) is 10.1 Å². The molecule has 0 aromatic carbocycles. The fraction of sp³-hybridized carbons (Fsp3) is 0.750. The van der Waals surface area contributed by atoms with Gasteiger partial charge in [0.2, 0.25) is 0 Å². The van der Waals surface area contributed by atoms with Gasteiger partial charge in [-0.25, -0.2) is 5.01 Å². The lowest BCUT2D eigenvalue weighted by Gasteiger charge is -2.18. The lowest BCUT2D eigenvalue weighted by molar-refractivity contribution is -0.141. The molecule has 0 unspecified atom stereocenters. The molecule has 0 aromatic heterocycles. The van der Waals surface area contributed by atoms with Crippen molar-refractivity contribution in [2.45, 2.75) is 20.3 Å². The first-order chi connectivity index (χ1) is 5.52. The Morgan fingerprint density at radius 3 is 2.33 bits per heavy atom. The van der Waals surface area contributed by atoms with Crippen LogP contribution in [0.5, 0.6) is 0 Å². The normalized spacial score (nSPS) is 18.0. The second-order valence-electron chi connectivity index (χ2n) is 3.45. The Morgan fingerprint density at radius 1 is 1.50 bits per heavy atom. The maximum atomic E-state index is 11.3. The summed E-state index contributed by atoms with van der Waals surface area (Å²) in [4.78, 5) is 11.3. The molecule has 68 valence electrons. The molecule has 1 heterocycles. The molecular weight excluding hydrogens is 154 g/mol. The summed E-state index contributed by atoms with van der Waals surface area (Å²) in [5.41, 5.74) is 0.966. The lowest BCUT2D eigenvalue weighted by atomic mass is 10.1. The number of carbonyl (C=O) groups excluding carboxylic acids is 1. The number of hydrazone groups is 1. The highest BCUT2D eigenvalue weighted by molar-refractivity contribution is 6.05. The molecule has 0 saturated heterocycles. The van der Waals surface area contributed by atoms with Gasteiger partial charge in [-0.15, -0.1) is 0 Å². The van der Waals surface area contributed by atoms with E-state index in [0.29, 0.717) is 12.3 Å². The van der Waals surface area contributed by atoms with Gasteiger partial charge in [0.1, 0.15) is 0 Å². The number of amides is 1. The van der Waals surface area contributed by atoms with E-state index in [4.69, 9.17) is 0 Å². The van der Waals surface area contributed by atoms with Crippen LogP contribution in [0.2, 0.25) is 0 Å². The highest BCUT2D eigenvalue weighted by atomic mass is 16.2. The molecule has 12 heavy (non-hydrogen) atoms. The van der Waals surface area contributed by atoms with Gasteiger partial charge in [-0.3, -0.25) is 4.79 Å². The first-order valence-corrected chi connectivity index (χ1v) is 4.10. The second kappa shape index (κ2) is 3.23. The Bertz CT molecular complexity index is 220. The zero-order valence-corrected chi connectivity index (χ0v) is 8.03. The zero-order chi connectivity index (χ0) is 9.30. The third kappa shape index (κ3) is 1.64. The highest BCUT2D eigenvalue weighted by Gasteiger charge is 2.26. The van der Waals surface area contributed by atoms with Gasteiger partial charge in [0.25, 0.3) is 5.91 Å². The number of hydrazine groups is 1. The van der Waals surface area contributed by atoms with Crippen molar-refractivity contribution < 1.29 is 4.79 Å². The maximum Gasteiger partial charge on any atom is 0.263 e. The summed E-state index contributed by atoms with van der Waals surface area (Å²) in [6.45, 7) is 4.09. The quantitative estimate of drug-likeness (QED) is 0.610. The lowest BCUT2D eigenvalue weighted by Crippen LogP contribution is -2.34.